The zero-order valence-corrected chi connectivity index (χ0v) is 14.2. The van der Waals surface area contributed by atoms with Crippen LogP contribution in [0.4, 0.5) is 5.69 Å². The molecule has 3 rings (SSSR count). The number of carbonyl (C=O) groups excluding carboxylic acids is 1. The molecular formula is C18H24N4O. The highest BCUT2D eigenvalue weighted by Gasteiger charge is 2.26. The Balaban J connectivity index is 2.10. The molecule has 0 saturated carbocycles. The fourth-order valence-corrected chi connectivity index (χ4v) is 3.08. The lowest BCUT2D eigenvalue weighted by atomic mass is 10.0. The third kappa shape index (κ3) is 3.15. The van der Waals surface area contributed by atoms with E-state index in [-0.39, 0.29) is 11.4 Å². The fourth-order valence-electron chi connectivity index (χ4n) is 3.08. The van der Waals surface area contributed by atoms with Gasteiger partial charge in [0.25, 0.3) is 0 Å². The van der Waals surface area contributed by atoms with Crippen molar-refractivity contribution in [3.05, 3.63) is 35.5 Å². The van der Waals surface area contributed by atoms with Crippen molar-refractivity contribution in [3.63, 3.8) is 0 Å². The van der Waals surface area contributed by atoms with Crippen molar-refractivity contribution < 1.29 is 4.79 Å². The molecule has 0 bridgehead atoms. The minimum atomic E-state index is -0.0638. The lowest BCUT2D eigenvalue weighted by molar-refractivity contribution is -0.114. The first kappa shape index (κ1) is 15.7. The van der Waals surface area contributed by atoms with E-state index < -0.39 is 0 Å². The van der Waals surface area contributed by atoms with Gasteiger partial charge in [0.15, 0.2) is 0 Å². The number of rotatable bonds is 2. The minimum Gasteiger partial charge on any atom is -0.326 e. The van der Waals surface area contributed by atoms with E-state index in [0.29, 0.717) is 0 Å². The lowest BCUT2D eigenvalue weighted by Crippen LogP contribution is -2.30. The second-order valence-corrected chi connectivity index (χ2v) is 7.05. The lowest BCUT2D eigenvalue weighted by Gasteiger charge is -2.24. The second kappa shape index (κ2) is 5.81. The van der Waals surface area contributed by atoms with E-state index in [1.165, 1.54) is 18.2 Å². The summed E-state index contributed by atoms with van der Waals surface area (Å²) in [6.45, 7) is 9.89. The van der Waals surface area contributed by atoms with Crippen LogP contribution in [-0.4, -0.2) is 22.2 Å². The van der Waals surface area contributed by atoms with Crippen molar-refractivity contribution >= 4 is 11.6 Å². The van der Waals surface area contributed by atoms with Gasteiger partial charge in [-0.3, -0.25) is 9.48 Å². The van der Waals surface area contributed by atoms with Crippen LogP contribution in [0.3, 0.4) is 0 Å². The Morgan fingerprint density at radius 2 is 2.13 bits per heavy atom. The number of nitrogens with one attached hydrogen (secondary N) is 2. The average molecular weight is 312 g/mol. The zero-order chi connectivity index (χ0) is 16.6. The van der Waals surface area contributed by atoms with Gasteiger partial charge in [-0.25, -0.2) is 0 Å². The number of anilines is 1. The van der Waals surface area contributed by atoms with E-state index in [9.17, 15) is 4.79 Å². The maximum Gasteiger partial charge on any atom is 0.221 e. The van der Waals surface area contributed by atoms with Crippen LogP contribution in [0.2, 0.25) is 0 Å². The molecule has 122 valence electrons. The smallest absolute Gasteiger partial charge is 0.221 e. The van der Waals surface area contributed by atoms with Crippen LogP contribution in [0.25, 0.3) is 11.3 Å². The molecule has 0 fully saturated rings. The standard InChI is InChI=1S/C18H24N4O/c1-12(23)20-14-7-5-6-13(10-14)17-15-11-19-9-8-16(15)22(21-17)18(2,3)4/h5-7,10,19H,8-9,11H2,1-4H3,(H,20,23). The summed E-state index contributed by atoms with van der Waals surface area (Å²) in [6, 6.07) is 7.90. The molecule has 0 spiro atoms. The summed E-state index contributed by atoms with van der Waals surface area (Å²) in [6.07, 6.45) is 0.991. The molecular weight excluding hydrogens is 288 g/mol. The Hall–Kier alpha value is -2.14. The van der Waals surface area contributed by atoms with E-state index in [1.54, 1.807) is 0 Å². The summed E-state index contributed by atoms with van der Waals surface area (Å²) in [5.41, 5.74) is 5.39. The molecule has 1 aromatic heterocycles. The molecule has 1 aromatic carbocycles. The number of hydrogen-bond donors (Lipinski definition) is 2. The van der Waals surface area contributed by atoms with E-state index in [1.807, 2.05) is 18.2 Å². The van der Waals surface area contributed by atoms with Crippen molar-refractivity contribution in [1.29, 1.82) is 0 Å². The molecule has 0 aliphatic carbocycles. The van der Waals surface area contributed by atoms with Crippen molar-refractivity contribution in [3.8, 4) is 11.3 Å². The van der Waals surface area contributed by atoms with Crippen LogP contribution in [0.1, 0.15) is 39.0 Å². The van der Waals surface area contributed by atoms with E-state index in [0.717, 1.165) is 36.5 Å². The van der Waals surface area contributed by atoms with Gasteiger partial charge in [-0.15, -0.1) is 0 Å². The predicted octanol–water partition coefficient (Wildman–Crippen LogP) is 2.91. The van der Waals surface area contributed by atoms with Crippen molar-refractivity contribution in [2.24, 2.45) is 0 Å². The molecule has 1 aliphatic rings. The van der Waals surface area contributed by atoms with Crippen LogP contribution in [0.15, 0.2) is 24.3 Å². The van der Waals surface area contributed by atoms with E-state index in [2.05, 4.69) is 42.2 Å². The number of nitrogens with zero attached hydrogens (tertiary/aromatic N) is 2. The molecule has 1 aliphatic heterocycles. The molecule has 23 heavy (non-hydrogen) atoms. The van der Waals surface area contributed by atoms with Gasteiger partial charge >= 0.3 is 0 Å². The first-order chi connectivity index (χ1) is 10.9. The summed E-state index contributed by atoms with van der Waals surface area (Å²) in [4.78, 5) is 11.3. The summed E-state index contributed by atoms with van der Waals surface area (Å²) >= 11 is 0. The van der Waals surface area contributed by atoms with Crippen LogP contribution in [0, 0.1) is 0 Å². The number of benzene rings is 1. The Labute approximate surface area is 137 Å². The first-order valence-electron chi connectivity index (χ1n) is 8.06. The van der Waals surface area contributed by atoms with Crippen molar-refractivity contribution in [1.82, 2.24) is 15.1 Å². The molecule has 0 saturated heterocycles. The third-order valence-electron chi connectivity index (χ3n) is 4.02. The maximum atomic E-state index is 11.3. The first-order valence-corrected chi connectivity index (χ1v) is 8.06. The normalized spacial score (nSPS) is 14.4. The molecule has 2 heterocycles. The SMILES string of the molecule is CC(=O)Nc1cccc(-c2nn(C(C)(C)C)c3c2CNCC3)c1. The summed E-state index contributed by atoms with van der Waals surface area (Å²) in [5, 5.41) is 11.2. The highest BCUT2D eigenvalue weighted by molar-refractivity contribution is 5.89. The topological polar surface area (TPSA) is 59.0 Å². The molecule has 5 nitrogen and oxygen atoms in total. The summed E-state index contributed by atoms with van der Waals surface area (Å²) < 4.78 is 2.16. The number of carbonyl (C=O) groups is 1. The largest absolute Gasteiger partial charge is 0.326 e. The van der Waals surface area contributed by atoms with E-state index >= 15 is 0 Å². The zero-order valence-electron chi connectivity index (χ0n) is 14.2. The van der Waals surface area contributed by atoms with Gasteiger partial charge in [0, 0.05) is 48.9 Å². The molecule has 0 radical (unpaired) electrons. The van der Waals surface area contributed by atoms with Crippen LogP contribution in [-0.2, 0) is 23.3 Å². The van der Waals surface area contributed by atoms with Gasteiger partial charge in [0.2, 0.25) is 5.91 Å². The van der Waals surface area contributed by atoms with Crippen LogP contribution >= 0.6 is 0 Å². The van der Waals surface area contributed by atoms with Gasteiger partial charge < -0.3 is 10.6 Å². The van der Waals surface area contributed by atoms with Gasteiger partial charge in [-0.05, 0) is 32.9 Å². The molecule has 0 unspecified atom stereocenters. The van der Waals surface area contributed by atoms with Crippen LogP contribution in [0.5, 0.6) is 0 Å². The second-order valence-electron chi connectivity index (χ2n) is 7.05. The Bertz CT molecular complexity index is 740. The number of hydrogen-bond acceptors (Lipinski definition) is 3. The van der Waals surface area contributed by atoms with Gasteiger partial charge in [0.1, 0.15) is 0 Å². The number of fused-ring (bicyclic) bond motifs is 1. The third-order valence-corrected chi connectivity index (χ3v) is 4.02. The van der Waals surface area contributed by atoms with Gasteiger partial charge in [-0.2, -0.15) is 5.10 Å². The number of amides is 1. The molecule has 2 aromatic rings. The van der Waals surface area contributed by atoms with Crippen molar-refractivity contribution in [2.45, 2.75) is 46.2 Å². The van der Waals surface area contributed by atoms with Gasteiger partial charge in [-0.1, -0.05) is 12.1 Å². The quantitative estimate of drug-likeness (QED) is 0.896. The predicted molar refractivity (Wildman–Crippen MR) is 92.4 cm³/mol. The monoisotopic (exact) mass is 312 g/mol. The highest BCUT2D eigenvalue weighted by Crippen LogP contribution is 2.32. The van der Waals surface area contributed by atoms with E-state index in [4.69, 9.17) is 5.10 Å². The fraction of sp³-hybridized carbons (Fsp3) is 0.444. The minimum absolute atomic E-state index is 0.0467. The highest BCUT2D eigenvalue weighted by atomic mass is 16.1. The molecule has 5 heteroatoms. The Morgan fingerprint density at radius 1 is 1.35 bits per heavy atom. The van der Waals surface area contributed by atoms with Crippen LogP contribution < -0.4 is 10.6 Å². The molecule has 2 N–H and O–H groups in total. The molecule has 1 amide bonds. The maximum absolute atomic E-state index is 11.3. The average Bonchev–Trinajstić information content (AvgIpc) is 2.86. The molecule has 0 atom stereocenters. The summed E-state index contributed by atoms with van der Waals surface area (Å²) in [7, 11) is 0. The van der Waals surface area contributed by atoms with Gasteiger partial charge in [0.05, 0.1) is 11.2 Å². The summed E-state index contributed by atoms with van der Waals surface area (Å²) in [5.74, 6) is -0.0638. The van der Waals surface area contributed by atoms with Crippen molar-refractivity contribution in [2.75, 3.05) is 11.9 Å². The Kier molecular flexibility index (Phi) is 3.98. The number of aromatic nitrogens is 2. The Morgan fingerprint density at radius 3 is 2.83 bits per heavy atom.